The van der Waals surface area contributed by atoms with Crippen molar-refractivity contribution < 1.29 is 13.5 Å². The predicted molar refractivity (Wildman–Crippen MR) is 171 cm³/mol. The summed E-state index contributed by atoms with van der Waals surface area (Å²) in [7, 11) is 0. The van der Waals surface area contributed by atoms with Crippen molar-refractivity contribution in [3.8, 4) is 29.1 Å². The Labute approximate surface area is 257 Å². The fraction of sp³-hybridized carbons (Fsp3) is 0.472. The number of nitrogens with zero attached hydrogens (tertiary/aromatic N) is 5. The Morgan fingerprint density at radius 2 is 1.89 bits per heavy atom. The van der Waals surface area contributed by atoms with Crippen LogP contribution in [-0.4, -0.2) is 57.7 Å². The Morgan fingerprint density at radius 3 is 2.68 bits per heavy atom. The lowest BCUT2D eigenvalue weighted by Gasteiger charge is -2.34. The monoisotopic (exact) mass is 595 g/mol. The maximum absolute atomic E-state index is 16.8. The molecule has 4 aromatic rings. The Morgan fingerprint density at radius 1 is 1.05 bits per heavy atom. The van der Waals surface area contributed by atoms with E-state index < -0.39 is 11.6 Å². The summed E-state index contributed by atoms with van der Waals surface area (Å²) in [6.07, 6.45) is 10.6. The van der Waals surface area contributed by atoms with Crippen LogP contribution in [0.5, 0.6) is 6.01 Å². The topological polar surface area (TPSA) is 54.4 Å². The number of aromatic nitrogens is 3. The van der Waals surface area contributed by atoms with E-state index in [4.69, 9.17) is 14.7 Å². The van der Waals surface area contributed by atoms with Gasteiger partial charge in [0, 0.05) is 36.3 Å². The van der Waals surface area contributed by atoms with Crippen LogP contribution in [0.4, 0.5) is 14.6 Å². The molecule has 3 aliphatic heterocycles. The predicted octanol–water partition coefficient (Wildman–Crippen LogP) is 7.58. The van der Waals surface area contributed by atoms with Crippen LogP contribution < -0.4 is 9.64 Å². The third-order valence-electron chi connectivity index (χ3n) is 9.99. The Kier molecular flexibility index (Phi) is 7.62. The molecule has 0 radical (unpaired) electrons. The van der Waals surface area contributed by atoms with E-state index in [0.717, 1.165) is 75.5 Å². The molecule has 0 spiro atoms. The van der Waals surface area contributed by atoms with Crippen LogP contribution in [0.2, 0.25) is 0 Å². The lowest BCUT2D eigenvalue weighted by Crippen LogP contribution is -2.46. The molecule has 0 amide bonds. The highest BCUT2D eigenvalue weighted by Gasteiger charge is 2.49. The van der Waals surface area contributed by atoms with Crippen molar-refractivity contribution in [1.82, 2.24) is 19.9 Å². The SMILES string of the molecule is CC#Cc1c(F)ccc2cc(C)cc(-c3ncc4c(N5CCCCC5)nc(OC[C@@]56CCCN5[C@H](CC)CC6)nc4c3F)c12. The zero-order chi connectivity index (χ0) is 30.4. The molecule has 44 heavy (non-hydrogen) atoms. The van der Waals surface area contributed by atoms with Crippen molar-refractivity contribution in [2.45, 2.75) is 83.7 Å². The zero-order valence-corrected chi connectivity index (χ0v) is 25.8. The van der Waals surface area contributed by atoms with E-state index in [-0.39, 0.29) is 28.3 Å². The highest BCUT2D eigenvalue weighted by molar-refractivity contribution is 6.02. The maximum Gasteiger partial charge on any atom is 0.319 e. The van der Waals surface area contributed by atoms with E-state index >= 15 is 8.78 Å². The molecule has 2 atom stereocenters. The highest BCUT2D eigenvalue weighted by Crippen LogP contribution is 2.44. The van der Waals surface area contributed by atoms with Crippen molar-refractivity contribution >= 4 is 27.5 Å². The minimum Gasteiger partial charge on any atom is -0.461 e. The van der Waals surface area contributed by atoms with Crippen molar-refractivity contribution in [3.05, 3.63) is 53.2 Å². The van der Waals surface area contributed by atoms with Gasteiger partial charge >= 0.3 is 6.01 Å². The number of anilines is 1. The van der Waals surface area contributed by atoms with E-state index in [9.17, 15) is 0 Å². The van der Waals surface area contributed by atoms with Gasteiger partial charge in [-0.2, -0.15) is 9.97 Å². The van der Waals surface area contributed by atoms with Crippen LogP contribution in [0.25, 0.3) is 32.9 Å². The third-order valence-corrected chi connectivity index (χ3v) is 9.99. The first-order valence-corrected chi connectivity index (χ1v) is 16.1. The molecule has 6 nitrogen and oxygen atoms in total. The van der Waals surface area contributed by atoms with Gasteiger partial charge in [-0.25, -0.2) is 8.78 Å². The lowest BCUT2D eigenvalue weighted by molar-refractivity contribution is 0.0836. The maximum atomic E-state index is 16.8. The van der Waals surface area contributed by atoms with E-state index in [1.807, 2.05) is 19.1 Å². The molecular formula is C36H39F2N5O. The number of hydrogen-bond donors (Lipinski definition) is 0. The van der Waals surface area contributed by atoms with Crippen molar-refractivity contribution in [3.63, 3.8) is 0 Å². The van der Waals surface area contributed by atoms with Crippen molar-refractivity contribution in [2.75, 3.05) is 31.1 Å². The zero-order valence-electron chi connectivity index (χ0n) is 25.8. The summed E-state index contributed by atoms with van der Waals surface area (Å²) in [5.74, 6) is 5.38. The van der Waals surface area contributed by atoms with Gasteiger partial charge in [-0.3, -0.25) is 9.88 Å². The molecule has 0 unspecified atom stereocenters. The van der Waals surface area contributed by atoms with E-state index in [1.54, 1.807) is 19.2 Å². The minimum atomic E-state index is -0.563. The summed E-state index contributed by atoms with van der Waals surface area (Å²) in [6.45, 7) is 9.14. The Hall–Kier alpha value is -3.83. The average Bonchev–Trinajstić information content (AvgIpc) is 3.61. The van der Waals surface area contributed by atoms with Crippen LogP contribution >= 0.6 is 0 Å². The number of fused-ring (bicyclic) bond motifs is 3. The summed E-state index contributed by atoms with van der Waals surface area (Å²) in [6, 6.07) is 7.72. The van der Waals surface area contributed by atoms with Crippen LogP contribution in [0.3, 0.4) is 0 Å². The summed E-state index contributed by atoms with van der Waals surface area (Å²) >= 11 is 0. The third kappa shape index (κ3) is 4.86. The van der Waals surface area contributed by atoms with Gasteiger partial charge in [0.2, 0.25) is 0 Å². The number of piperidine rings is 1. The van der Waals surface area contributed by atoms with E-state index in [2.05, 4.69) is 33.5 Å². The molecular weight excluding hydrogens is 556 g/mol. The van der Waals surface area contributed by atoms with Gasteiger partial charge in [-0.1, -0.05) is 25.0 Å². The Bertz CT molecular complexity index is 1810. The molecule has 0 N–H and O–H groups in total. The lowest BCUT2D eigenvalue weighted by atomic mass is 9.94. The summed E-state index contributed by atoms with van der Waals surface area (Å²) in [4.78, 5) is 19.1. The molecule has 228 valence electrons. The van der Waals surface area contributed by atoms with Gasteiger partial charge in [0.1, 0.15) is 29.5 Å². The molecule has 5 heterocycles. The van der Waals surface area contributed by atoms with Gasteiger partial charge in [0.25, 0.3) is 0 Å². The second-order valence-corrected chi connectivity index (χ2v) is 12.7. The summed E-state index contributed by atoms with van der Waals surface area (Å²) < 4.78 is 38.3. The van der Waals surface area contributed by atoms with Gasteiger partial charge in [-0.05, 0) is 94.8 Å². The van der Waals surface area contributed by atoms with E-state index in [1.165, 1.54) is 12.5 Å². The molecule has 0 aliphatic carbocycles. The highest BCUT2D eigenvalue weighted by atomic mass is 19.1. The fourth-order valence-electron chi connectivity index (χ4n) is 7.88. The average molecular weight is 596 g/mol. The molecule has 3 saturated heterocycles. The Balaban J connectivity index is 1.37. The first-order valence-electron chi connectivity index (χ1n) is 16.1. The first kappa shape index (κ1) is 28.9. The number of benzene rings is 2. The van der Waals surface area contributed by atoms with Gasteiger partial charge in [0.15, 0.2) is 5.82 Å². The van der Waals surface area contributed by atoms with E-state index in [0.29, 0.717) is 34.8 Å². The van der Waals surface area contributed by atoms with Gasteiger partial charge in [-0.15, -0.1) is 5.92 Å². The van der Waals surface area contributed by atoms with Gasteiger partial charge < -0.3 is 9.64 Å². The summed E-state index contributed by atoms with van der Waals surface area (Å²) in [5, 5.41) is 1.89. The van der Waals surface area contributed by atoms with Crippen LogP contribution in [0.15, 0.2) is 30.5 Å². The molecule has 3 fully saturated rings. The molecule has 2 aromatic heterocycles. The van der Waals surface area contributed by atoms with Crippen LogP contribution in [0, 0.1) is 30.4 Å². The molecule has 8 heteroatoms. The van der Waals surface area contributed by atoms with Crippen LogP contribution in [-0.2, 0) is 0 Å². The second kappa shape index (κ2) is 11.6. The van der Waals surface area contributed by atoms with Crippen LogP contribution in [0.1, 0.15) is 76.3 Å². The quantitative estimate of drug-likeness (QED) is 0.214. The standard InChI is InChI=1S/C36H39F2N5O/c1-4-10-26-29(37)12-11-24-19-23(3)20-27(30(24)26)32-31(38)33-28(21-39-32)34(42-16-7-6-8-17-42)41-35(40-33)44-22-36-14-9-18-43(36)25(5-2)13-15-36/h11-12,19-21,25H,5-9,13-18,22H2,1-3H3/t25-,36+/m1/s1. The molecule has 7 rings (SSSR count). The molecule has 3 aliphatic rings. The number of ether oxygens (including phenoxy) is 1. The summed E-state index contributed by atoms with van der Waals surface area (Å²) in [5.41, 5.74) is 1.94. The first-order chi connectivity index (χ1) is 21.4. The smallest absolute Gasteiger partial charge is 0.319 e. The fourth-order valence-corrected chi connectivity index (χ4v) is 7.88. The number of pyridine rings is 1. The second-order valence-electron chi connectivity index (χ2n) is 12.7. The number of halogens is 2. The molecule has 0 bridgehead atoms. The normalized spacial score (nSPS) is 21.9. The van der Waals surface area contributed by atoms with Crippen molar-refractivity contribution in [2.24, 2.45) is 0 Å². The van der Waals surface area contributed by atoms with Crippen molar-refractivity contribution in [1.29, 1.82) is 0 Å². The largest absolute Gasteiger partial charge is 0.461 e. The molecule has 0 saturated carbocycles. The van der Waals surface area contributed by atoms with Gasteiger partial charge in [0.05, 0.1) is 16.5 Å². The molecule has 2 aromatic carbocycles. The number of aryl methyl sites for hydroxylation is 1. The number of hydrogen-bond acceptors (Lipinski definition) is 6. The minimum absolute atomic E-state index is 0.00645. The number of rotatable bonds is 6.